The molecule has 1 saturated carbocycles. The molecule has 0 aromatic rings. The Morgan fingerprint density at radius 1 is 1.28 bits per heavy atom. The van der Waals surface area contributed by atoms with Crippen LogP contribution in [0.3, 0.4) is 0 Å². The summed E-state index contributed by atoms with van der Waals surface area (Å²) in [6.07, 6.45) is 8.58. The van der Waals surface area contributed by atoms with E-state index in [4.69, 9.17) is 15.2 Å². The fraction of sp³-hybridized carbons (Fsp3) is 1.00. The van der Waals surface area contributed by atoms with Gasteiger partial charge < -0.3 is 15.2 Å². The maximum Gasteiger partial charge on any atom is 0.0807 e. The van der Waals surface area contributed by atoms with Crippen molar-refractivity contribution in [2.75, 3.05) is 24.7 Å². The van der Waals surface area contributed by atoms with Gasteiger partial charge >= 0.3 is 0 Å². The van der Waals surface area contributed by atoms with Gasteiger partial charge in [-0.05, 0) is 31.4 Å². The molecule has 4 heteroatoms. The molecule has 0 bridgehead atoms. The largest absolute Gasteiger partial charge is 0.374 e. The normalized spacial score (nSPS) is 39.5. The topological polar surface area (TPSA) is 44.5 Å². The summed E-state index contributed by atoms with van der Waals surface area (Å²) in [5.41, 5.74) is 6.09. The Bertz CT molecular complexity index is 286. The van der Waals surface area contributed by atoms with Crippen LogP contribution in [0.15, 0.2) is 0 Å². The van der Waals surface area contributed by atoms with E-state index in [9.17, 15) is 0 Å². The summed E-state index contributed by atoms with van der Waals surface area (Å²) in [4.78, 5) is 0. The van der Waals surface area contributed by atoms with Crippen molar-refractivity contribution in [3.63, 3.8) is 0 Å². The van der Waals surface area contributed by atoms with Gasteiger partial charge in [-0.25, -0.2) is 0 Å². The van der Waals surface area contributed by atoms with Crippen LogP contribution in [-0.4, -0.2) is 42.0 Å². The molecule has 2 saturated heterocycles. The van der Waals surface area contributed by atoms with Crippen molar-refractivity contribution in [2.24, 2.45) is 5.73 Å². The average Bonchev–Trinajstić information content (AvgIpc) is 3.01. The number of thioether (sulfide) groups is 1. The molecular weight excluding hydrogens is 246 g/mol. The zero-order chi connectivity index (χ0) is 12.5. The lowest BCUT2D eigenvalue weighted by atomic mass is 9.90. The first-order valence-electron chi connectivity index (χ1n) is 7.36. The summed E-state index contributed by atoms with van der Waals surface area (Å²) < 4.78 is 12.5. The Kier molecular flexibility index (Phi) is 3.90. The second-order valence-corrected chi connectivity index (χ2v) is 7.27. The number of hydrogen-bond acceptors (Lipinski definition) is 4. The summed E-state index contributed by atoms with van der Waals surface area (Å²) in [6.45, 7) is 1.55. The van der Waals surface area contributed by atoms with Crippen LogP contribution in [0.2, 0.25) is 0 Å². The standard InChI is InChI=1S/C14H25NO2S/c15-10-13(4-1-2-5-13)17-12-3-7-16-14(9-12)6-8-18-11-14/h12H,1-11,15H2. The quantitative estimate of drug-likeness (QED) is 0.855. The van der Waals surface area contributed by atoms with Gasteiger partial charge in [-0.2, -0.15) is 11.8 Å². The molecule has 3 rings (SSSR count). The van der Waals surface area contributed by atoms with Gasteiger partial charge in [-0.15, -0.1) is 0 Å². The molecule has 2 unspecified atom stereocenters. The highest BCUT2D eigenvalue weighted by Crippen LogP contribution is 2.42. The van der Waals surface area contributed by atoms with Crippen LogP contribution in [0.5, 0.6) is 0 Å². The van der Waals surface area contributed by atoms with Gasteiger partial charge in [0.05, 0.1) is 17.3 Å². The molecule has 3 aliphatic rings. The third-order valence-electron chi connectivity index (χ3n) is 4.82. The molecule has 2 N–H and O–H groups in total. The minimum Gasteiger partial charge on any atom is -0.374 e. The second kappa shape index (κ2) is 5.31. The third-order valence-corrected chi connectivity index (χ3v) is 6.04. The molecule has 1 aliphatic carbocycles. The van der Waals surface area contributed by atoms with E-state index in [1.54, 1.807) is 0 Å². The predicted molar refractivity (Wildman–Crippen MR) is 75.0 cm³/mol. The number of ether oxygens (including phenoxy) is 2. The number of rotatable bonds is 3. The molecule has 0 aromatic carbocycles. The molecule has 0 amide bonds. The first-order chi connectivity index (χ1) is 8.76. The highest BCUT2D eigenvalue weighted by molar-refractivity contribution is 7.99. The van der Waals surface area contributed by atoms with E-state index in [-0.39, 0.29) is 11.2 Å². The average molecular weight is 271 g/mol. The van der Waals surface area contributed by atoms with Crippen LogP contribution < -0.4 is 5.73 Å². The van der Waals surface area contributed by atoms with Crippen molar-refractivity contribution in [1.29, 1.82) is 0 Å². The highest BCUT2D eigenvalue weighted by atomic mass is 32.2. The zero-order valence-corrected chi connectivity index (χ0v) is 12.0. The molecule has 3 fully saturated rings. The predicted octanol–water partition coefficient (Wildman–Crippen LogP) is 2.33. The number of nitrogens with two attached hydrogens (primary N) is 1. The molecule has 3 nitrogen and oxygen atoms in total. The van der Waals surface area contributed by atoms with Crippen LogP contribution in [0.4, 0.5) is 0 Å². The van der Waals surface area contributed by atoms with Gasteiger partial charge in [-0.3, -0.25) is 0 Å². The molecule has 104 valence electrons. The summed E-state index contributed by atoms with van der Waals surface area (Å²) in [5.74, 6) is 2.40. The van der Waals surface area contributed by atoms with Crippen molar-refractivity contribution < 1.29 is 9.47 Å². The van der Waals surface area contributed by atoms with E-state index in [0.717, 1.165) is 38.0 Å². The van der Waals surface area contributed by atoms with Crippen molar-refractivity contribution in [3.8, 4) is 0 Å². The summed E-state index contributed by atoms with van der Waals surface area (Å²) >= 11 is 2.02. The van der Waals surface area contributed by atoms with Crippen LogP contribution in [0.25, 0.3) is 0 Å². The zero-order valence-electron chi connectivity index (χ0n) is 11.2. The molecule has 0 radical (unpaired) electrons. The minimum atomic E-state index is -0.00502. The van der Waals surface area contributed by atoms with Gasteiger partial charge in [-0.1, -0.05) is 12.8 Å². The smallest absolute Gasteiger partial charge is 0.0807 e. The molecule has 1 spiro atoms. The van der Waals surface area contributed by atoms with Crippen LogP contribution in [0, 0.1) is 0 Å². The molecule has 2 atom stereocenters. The maximum atomic E-state index is 6.46. The van der Waals surface area contributed by atoms with Gasteiger partial charge in [0.25, 0.3) is 0 Å². The monoisotopic (exact) mass is 271 g/mol. The molecule has 0 aromatic heterocycles. The van der Waals surface area contributed by atoms with E-state index in [1.165, 1.54) is 25.0 Å². The summed E-state index contributed by atoms with van der Waals surface area (Å²) in [6, 6.07) is 0. The van der Waals surface area contributed by atoms with E-state index in [1.807, 2.05) is 11.8 Å². The second-order valence-electron chi connectivity index (χ2n) is 6.16. The Labute approximate surface area is 114 Å². The van der Waals surface area contributed by atoms with E-state index in [0.29, 0.717) is 12.6 Å². The van der Waals surface area contributed by atoms with Gasteiger partial charge in [0, 0.05) is 25.3 Å². The van der Waals surface area contributed by atoms with Crippen molar-refractivity contribution >= 4 is 11.8 Å². The van der Waals surface area contributed by atoms with E-state index >= 15 is 0 Å². The van der Waals surface area contributed by atoms with Crippen LogP contribution >= 0.6 is 11.8 Å². The summed E-state index contributed by atoms with van der Waals surface area (Å²) in [7, 11) is 0. The fourth-order valence-electron chi connectivity index (χ4n) is 3.69. The van der Waals surface area contributed by atoms with Crippen molar-refractivity contribution in [1.82, 2.24) is 0 Å². The Morgan fingerprint density at radius 3 is 2.78 bits per heavy atom. The Morgan fingerprint density at radius 2 is 2.11 bits per heavy atom. The first-order valence-corrected chi connectivity index (χ1v) is 8.51. The van der Waals surface area contributed by atoms with Crippen LogP contribution in [-0.2, 0) is 9.47 Å². The molecule has 2 heterocycles. The lowest BCUT2D eigenvalue weighted by Gasteiger charge is -2.41. The molecule has 2 aliphatic heterocycles. The maximum absolute atomic E-state index is 6.46. The van der Waals surface area contributed by atoms with Gasteiger partial charge in [0.2, 0.25) is 0 Å². The summed E-state index contributed by atoms with van der Waals surface area (Å²) in [5, 5.41) is 0. The highest BCUT2D eigenvalue weighted by Gasteiger charge is 2.44. The van der Waals surface area contributed by atoms with Crippen LogP contribution in [0.1, 0.15) is 44.9 Å². The number of hydrogen-bond donors (Lipinski definition) is 1. The molecular formula is C14H25NO2S. The SMILES string of the molecule is NCC1(OC2CCOC3(CCSC3)C2)CCCC1. The lowest BCUT2D eigenvalue weighted by molar-refractivity contribution is -0.163. The fourth-order valence-corrected chi connectivity index (χ4v) is 5.07. The molecule has 18 heavy (non-hydrogen) atoms. The minimum absolute atomic E-state index is 0.00502. The van der Waals surface area contributed by atoms with Crippen molar-refractivity contribution in [2.45, 2.75) is 62.3 Å². The van der Waals surface area contributed by atoms with Gasteiger partial charge in [0.1, 0.15) is 0 Å². The third kappa shape index (κ3) is 2.58. The Balaban J connectivity index is 1.62. The Hall–Kier alpha value is 0.230. The first kappa shape index (κ1) is 13.2. The van der Waals surface area contributed by atoms with Gasteiger partial charge in [0.15, 0.2) is 0 Å². The van der Waals surface area contributed by atoms with Crippen molar-refractivity contribution in [3.05, 3.63) is 0 Å². The van der Waals surface area contributed by atoms with E-state index in [2.05, 4.69) is 0 Å². The lowest BCUT2D eigenvalue weighted by Crippen LogP contribution is -2.48. The van der Waals surface area contributed by atoms with E-state index < -0.39 is 0 Å².